The zero-order valence-electron chi connectivity index (χ0n) is 13.3. The van der Waals surface area contributed by atoms with E-state index in [0.29, 0.717) is 0 Å². The van der Waals surface area contributed by atoms with Gasteiger partial charge in [-0.3, -0.25) is 4.55 Å². The zero-order chi connectivity index (χ0) is 19.2. The molecule has 0 aliphatic heterocycles. The van der Waals surface area contributed by atoms with Crippen LogP contribution in [0.5, 0.6) is 0 Å². The Hall–Kier alpha value is -1.19. The van der Waals surface area contributed by atoms with Crippen LogP contribution in [0.2, 0.25) is 5.02 Å². The van der Waals surface area contributed by atoms with Gasteiger partial charge in [0.1, 0.15) is 4.90 Å². The molecular formula is C18H16ClNaO5S2. The van der Waals surface area contributed by atoms with E-state index in [1.807, 2.05) is 12.1 Å². The summed E-state index contributed by atoms with van der Waals surface area (Å²) in [7, 11) is -7.39. The van der Waals surface area contributed by atoms with E-state index in [9.17, 15) is 16.8 Å². The Labute approximate surface area is 187 Å². The van der Waals surface area contributed by atoms with Crippen LogP contribution in [0.25, 0.3) is 11.1 Å². The van der Waals surface area contributed by atoms with E-state index in [1.54, 1.807) is 0 Å². The molecule has 0 unspecified atom stereocenters. The first kappa shape index (κ1) is 23.8. The topological polar surface area (TPSA) is 88.5 Å². The fourth-order valence-corrected chi connectivity index (χ4v) is 3.58. The molecule has 0 saturated heterocycles. The fourth-order valence-electron chi connectivity index (χ4n) is 2.06. The number of thiol groups is 1. The molecule has 3 rings (SSSR count). The van der Waals surface area contributed by atoms with Gasteiger partial charge in [0.25, 0.3) is 10.1 Å². The summed E-state index contributed by atoms with van der Waals surface area (Å²) >= 11 is 5.45. The molecule has 0 heterocycles. The molecule has 0 saturated carbocycles. The first-order chi connectivity index (χ1) is 12.3. The van der Waals surface area contributed by atoms with Gasteiger partial charge in [0, 0.05) is 0 Å². The second kappa shape index (κ2) is 11.0. The normalized spacial score (nSPS) is 10.5. The fraction of sp³-hybridized carbons (Fsp3) is 0. The maximum absolute atomic E-state index is 10.7. The summed E-state index contributed by atoms with van der Waals surface area (Å²) < 4.78 is 51.1. The van der Waals surface area contributed by atoms with Gasteiger partial charge in [0.15, 0.2) is 10.7 Å². The second-order valence-electron chi connectivity index (χ2n) is 5.08. The summed E-state index contributed by atoms with van der Waals surface area (Å²) in [6.45, 7) is 0. The number of rotatable bonds is 3. The second-order valence-corrected chi connectivity index (χ2v) is 7.91. The van der Waals surface area contributed by atoms with Crippen molar-refractivity contribution in [2.24, 2.45) is 0 Å². The molecule has 0 amide bonds. The smallest absolute Gasteiger partial charge is 0.0184 e. The van der Waals surface area contributed by atoms with Crippen LogP contribution in [-0.2, 0) is 20.8 Å². The van der Waals surface area contributed by atoms with Gasteiger partial charge in [0.2, 0.25) is 0 Å². The Morgan fingerprint density at radius 1 is 0.778 bits per heavy atom. The minimum absolute atomic E-state index is 0. The summed E-state index contributed by atoms with van der Waals surface area (Å²) in [5.74, 6) is 0. The average molecular weight is 435 g/mol. The molecule has 0 radical (unpaired) electrons. The van der Waals surface area contributed by atoms with Crippen molar-refractivity contribution in [2.45, 2.75) is 9.79 Å². The summed E-state index contributed by atoms with van der Waals surface area (Å²) in [6, 6.07) is 23.8. The molecule has 1 N–H and O–H groups in total. The molecule has 0 fully saturated rings. The van der Waals surface area contributed by atoms with Crippen LogP contribution >= 0.6 is 11.6 Å². The Morgan fingerprint density at radius 3 is 1.59 bits per heavy atom. The van der Waals surface area contributed by atoms with Crippen molar-refractivity contribution in [1.29, 1.82) is 0 Å². The van der Waals surface area contributed by atoms with E-state index in [0.717, 1.165) is 18.2 Å². The van der Waals surface area contributed by atoms with Gasteiger partial charge >= 0.3 is 29.6 Å². The van der Waals surface area contributed by atoms with Gasteiger partial charge in [-0.05, 0) is 29.3 Å². The number of hydrogen-bond donors (Lipinski definition) is 2. The van der Waals surface area contributed by atoms with E-state index in [-0.39, 0.29) is 39.5 Å². The quantitative estimate of drug-likeness (QED) is 0.375. The van der Waals surface area contributed by atoms with Gasteiger partial charge in [-0.15, -0.1) is 0 Å². The number of halogens is 1. The third-order valence-corrected chi connectivity index (χ3v) is 5.32. The van der Waals surface area contributed by atoms with E-state index in [2.05, 4.69) is 48.5 Å². The van der Waals surface area contributed by atoms with Crippen molar-refractivity contribution in [2.75, 3.05) is 0 Å². The number of benzene rings is 3. The molecule has 3 aromatic carbocycles. The van der Waals surface area contributed by atoms with Crippen LogP contribution in [0.1, 0.15) is 0 Å². The van der Waals surface area contributed by atoms with Crippen molar-refractivity contribution < 1.29 is 21.4 Å². The minimum Gasteiger partial charge on any atom is -0.0622 e. The molecule has 138 valence electrons. The molecule has 0 bridgehead atoms. The Bertz CT molecular complexity index is 1010. The maximum atomic E-state index is 10.7. The third-order valence-electron chi connectivity index (χ3n) is 3.28. The first-order valence-electron chi connectivity index (χ1n) is 7.31. The van der Waals surface area contributed by atoms with Crippen LogP contribution < -0.4 is 0 Å². The number of hydrogen-bond acceptors (Lipinski definition) is 4. The van der Waals surface area contributed by atoms with Crippen molar-refractivity contribution in [3.8, 4) is 11.1 Å². The van der Waals surface area contributed by atoms with Crippen molar-refractivity contribution in [3.63, 3.8) is 0 Å². The van der Waals surface area contributed by atoms with Crippen molar-refractivity contribution in [1.82, 2.24) is 0 Å². The van der Waals surface area contributed by atoms with Gasteiger partial charge in [-0.25, -0.2) is 8.42 Å². The van der Waals surface area contributed by atoms with E-state index in [1.165, 1.54) is 11.1 Å². The van der Waals surface area contributed by atoms with E-state index < -0.39 is 25.7 Å². The Kier molecular flexibility index (Phi) is 9.69. The van der Waals surface area contributed by atoms with Gasteiger partial charge in [-0.2, -0.15) is 8.42 Å². The van der Waals surface area contributed by atoms with E-state index in [4.69, 9.17) is 16.2 Å². The van der Waals surface area contributed by atoms with E-state index >= 15 is 0 Å². The molecular weight excluding hydrogens is 419 g/mol. The van der Waals surface area contributed by atoms with Gasteiger partial charge in [-0.1, -0.05) is 72.3 Å². The summed E-state index contributed by atoms with van der Waals surface area (Å²) in [6.07, 6.45) is 0. The molecule has 3 aromatic rings. The van der Waals surface area contributed by atoms with Crippen LogP contribution in [0.15, 0.2) is 88.7 Å². The van der Waals surface area contributed by atoms with Gasteiger partial charge < -0.3 is 0 Å². The molecule has 0 aliphatic carbocycles. The van der Waals surface area contributed by atoms with Gasteiger partial charge in [0.05, 0.1) is 9.92 Å². The molecule has 27 heavy (non-hydrogen) atoms. The predicted octanol–water partition coefficient (Wildman–Crippen LogP) is 3.26. The summed E-state index contributed by atoms with van der Waals surface area (Å²) in [5.41, 5.74) is 2.55. The maximum Gasteiger partial charge on any atom is -0.0184 e. The third kappa shape index (κ3) is 7.38. The van der Waals surface area contributed by atoms with Crippen LogP contribution in [-0.4, -0.2) is 50.9 Å². The molecule has 0 aromatic heterocycles. The molecule has 0 aliphatic rings. The predicted molar refractivity (Wildman–Crippen MR) is 109 cm³/mol. The minimum atomic E-state index is -4.49. The van der Waals surface area contributed by atoms with Crippen LogP contribution in [0.3, 0.4) is 0 Å². The summed E-state index contributed by atoms with van der Waals surface area (Å²) in [5, 5.41) is -0.229. The molecule has 0 spiro atoms. The largest absolute Gasteiger partial charge is 0.0622 e. The average Bonchev–Trinajstić information content (AvgIpc) is 2.63. The van der Waals surface area contributed by atoms with Crippen LogP contribution in [0, 0.1) is 0 Å². The monoisotopic (exact) mass is 434 g/mol. The van der Waals surface area contributed by atoms with Crippen LogP contribution in [0.4, 0.5) is 0 Å². The SMILES string of the molecule is O=[SH](=O)c1ccc(Cl)c(S(=O)(=O)O)c1.[NaH].c1ccc(-c2ccccc2)cc1. The molecule has 5 nitrogen and oxygen atoms in total. The Balaban J connectivity index is 0.000000262. The molecule has 9 heteroatoms. The standard InChI is InChI=1S/C12H10.C6H5ClO5S2.Na.H/c1-3-7-11(8-4-1)12-9-5-2-6-10-12;7-5-2-1-4(13(8)9)3-6(5)14(10,11)12;;/h1-10H;1-3,13H,(H,10,11,12);;. The van der Waals surface area contributed by atoms with Crippen molar-refractivity contribution >= 4 is 62.0 Å². The zero-order valence-corrected chi connectivity index (χ0v) is 15.8. The first-order valence-corrected chi connectivity index (χ1v) is 10.3. The molecule has 0 atom stereocenters. The Morgan fingerprint density at radius 2 is 1.22 bits per heavy atom. The summed E-state index contributed by atoms with van der Waals surface area (Å²) in [4.78, 5) is -0.840. The van der Waals surface area contributed by atoms with Crippen molar-refractivity contribution in [3.05, 3.63) is 83.9 Å².